The highest BCUT2D eigenvalue weighted by atomic mass is 79.9. The molecule has 0 aliphatic rings. The largest absolute Gasteiger partial charge is 0.397 e. The average molecular weight is 372 g/mol. The standard InChI is InChI=1S/C9H12Br2N2O2S/c1-2-3-16(14,15)13-9-7(11)4-6(10)5-8(9)12/h4-5,13H,2-3,12H2,1H3. The molecule has 0 spiro atoms. The van der Waals surface area contributed by atoms with Gasteiger partial charge in [-0.2, -0.15) is 0 Å². The highest BCUT2D eigenvalue weighted by molar-refractivity contribution is 9.11. The van der Waals surface area contributed by atoms with E-state index in [2.05, 4.69) is 36.6 Å². The van der Waals surface area contributed by atoms with Crippen molar-refractivity contribution in [2.75, 3.05) is 16.2 Å². The second-order valence-corrected chi connectivity index (χ2v) is 6.88. The first kappa shape index (κ1) is 13.8. The van der Waals surface area contributed by atoms with E-state index in [-0.39, 0.29) is 5.75 Å². The van der Waals surface area contributed by atoms with Crippen molar-refractivity contribution in [3.8, 4) is 0 Å². The summed E-state index contributed by atoms with van der Waals surface area (Å²) in [5.41, 5.74) is 6.50. The molecule has 0 amide bonds. The molecule has 0 radical (unpaired) electrons. The fourth-order valence-corrected chi connectivity index (χ4v) is 3.84. The molecule has 1 rings (SSSR count). The third-order valence-corrected chi connectivity index (χ3v) is 4.36. The predicted octanol–water partition coefficient (Wildman–Crippen LogP) is 2.95. The number of hydrogen-bond donors (Lipinski definition) is 2. The van der Waals surface area contributed by atoms with Crippen LogP contribution >= 0.6 is 31.9 Å². The lowest BCUT2D eigenvalue weighted by atomic mass is 10.3. The smallest absolute Gasteiger partial charge is 0.232 e. The van der Waals surface area contributed by atoms with E-state index in [1.807, 2.05) is 0 Å². The molecule has 0 aromatic heterocycles. The summed E-state index contributed by atoms with van der Waals surface area (Å²) in [6.07, 6.45) is 0.559. The first-order valence-corrected chi connectivity index (χ1v) is 7.84. The lowest BCUT2D eigenvalue weighted by Crippen LogP contribution is -2.17. The minimum atomic E-state index is -3.32. The Hall–Kier alpha value is -0.270. The maximum atomic E-state index is 11.6. The quantitative estimate of drug-likeness (QED) is 0.799. The number of nitrogens with one attached hydrogen (secondary N) is 1. The normalized spacial score (nSPS) is 11.4. The Kier molecular flexibility index (Phi) is 4.63. The Bertz CT molecular complexity index is 465. The zero-order valence-electron chi connectivity index (χ0n) is 8.63. The van der Waals surface area contributed by atoms with Crippen LogP contribution < -0.4 is 10.5 Å². The molecule has 3 N–H and O–H groups in total. The van der Waals surface area contributed by atoms with Crippen molar-refractivity contribution >= 4 is 53.3 Å². The molecule has 0 aliphatic carbocycles. The molecule has 0 heterocycles. The van der Waals surface area contributed by atoms with Gasteiger partial charge in [0.25, 0.3) is 0 Å². The minimum Gasteiger partial charge on any atom is -0.397 e. The molecule has 0 bridgehead atoms. The summed E-state index contributed by atoms with van der Waals surface area (Å²) in [5.74, 6) is 0.0783. The van der Waals surface area contributed by atoms with Crippen LogP contribution in [0.5, 0.6) is 0 Å². The summed E-state index contributed by atoms with van der Waals surface area (Å²) < 4.78 is 27.0. The summed E-state index contributed by atoms with van der Waals surface area (Å²) in [6, 6.07) is 3.38. The van der Waals surface area contributed by atoms with Crippen LogP contribution in [0, 0.1) is 0 Å². The maximum Gasteiger partial charge on any atom is 0.232 e. The van der Waals surface area contributed by atoms with Crippen LogP contribution in [0.15, 0.2) is 21.1 Å². The first-order valence-electron chi connectivity index (χ1n) is 4.60. The molecular weight excluding hydrogens is 360 g/mol. The van der Waals surface area contributed by atoms with E-state index < -0.39 is 10.0 Å². The molecule has 7 heteroatoms. The van der Waals surface area contributed by atoms with Crippen LogP contribution in [-0.2, 0) is 10.0 Å². The van der Waals surface area contributed by atoms with Gasteiger partial charge in [-0.15, -0.1) is 0 Å². The van der Waals surface area contributed by atoms with Gasteiger partial charge in [-0.05, 0) is 34.5 Å². The summed E-state index contributed by atoms with van der Waals surface area (Å²) >= 11 is 6.54. The molecule has 4 nitrogen and oxygen atoms in total. The second kappa shape index (κ2) is 5.37. The van der Waals surface area contributed by atoms with Gasteiger partial charge >= 0.3 is 0 Å². The number of nitrogens with two attached hydrogens (primary N) is 1. The number of halogens is 2. The fraction of sp³-hybridized carbons (Fsp3) is 0.333. The van der Waals surface area contributed by atoms with Crippen molar-refractivity contribution in [2.45, 2.75) is 13.3 Å². The van der Waals surface area contributed by atoms with Crippen LogP contribution in [0.1, 0.15) is 13.3 Å². The molecular formula is C9H12Br2N2O2S. The van der Waals surface area contributed by atoms with Crippen molar-refractivity contribution < 1.29 is 8.42 Å². The zero-order chi connectivity index (χ0) is 12.3. The van der Waals surface area contributed by atoms with Crippen LogP contribution in [0.3, 0.4) is 0 Å². The van der Waals surface area contributed by atoms with Gasteiger partial charge in [0.05, 0.1) is 17.1 Å². The van der Waals surface area contributed by atoms with Gasteiger partial charge in [0.1, 0.15) is 0 Å². The Morgan fingerprint density at radius 3 is 2.50 bits per heavy atom. The topological polar surface area (TPSA) is 72.2 Å². The number of benzene rings is 1. The third-order valence-electron chi connectivity index (χ3n) is 1.82. The van der Waals surface area contributed by atoms with Crippen LogP contribution in [0.25, 0.3) is 0 Å². The van der Waals surface area contributed by atoms with Crippen LogP contribution in [0.4, 0.5) is 11.4 Å². The van der Waals surface area contributed by atoms with E-state index in [9.17, 15) is 8.42 Å². The monoisotopic (exact) mass is 370 g/mol. The van der Waals surface area contributed by atoms with Gasteiger partial charge in [0.15, 0.2) is 0 Å². The highest BCUT2D eigenvalue weighted by Gasteiger charge is 2.14. The molecule has 0 aliphatic heterocycles. The molecule has 16 heavy (non-hydrogen) atoms. The van der Waals surface area contributed by atoms with Crippen LogP contribution in [-0.4, -0.2) is 14.2 Å². The summed E-state index contributed by atoms with van der Waals surface area (Å²) in [7, 11) is -3.32. The summed E-state index contributed by atoms with van der Waals surface area (Å²) in [4.78, 5) is 0. The van der Waals surface area contributed by atoms with Crippen LogP contribution in [0.2, 0.25) is 0 Å². The van der Waals surface area contributed by atoms with Crippen molar-refractivity contribution in [1.82, 2.24) is 0 Å². The van der Waals surface area contributed by atoms with Gasteiger partial charge in [-0.25, -0.2) is 8.42 Å². The number of rotatable bonds is 4. The van der Waals surface area contributed by atoms with Gasteiger partial charge in [-0.3, -0.25) is 4.72 Å². The number of anilines is 2. The third kappa shape index (κ3) is 3.64. The van der Waals surface area contributed by atoms with E-state index >= 15 is 0 Å². The van der Waals surface area contributed by atoms with E-state index in [0.717, 1.165) is 4.47 Å². The Morgan fingerprint density at radius 2 is 2.00 bits per heavy atom. The summed E-state index contributed by atoms with van der Waals surface area (Å²) in [5, 5.41) is 0. The van der Waals surface area contributed by atoms with E-state index in [0.29, 0.717) is 22.3 Å². The Balaban J connectivity index is 3.07. The number of sulfonamides is 1. The predicted molar refractivity (Wildman–Crippen MR) is 74.0 cm³/mol. The highest BCUT2D eigenvalue weighted by Crippen LogP contribution is 2.33. The van der Waals surface area contributed by atoms with Crippen molar-refractivity contribution in [2.24, 2.45) is 0 Å². The average Bonchev–Trinajstić information content (AvgIpc) is 2.11. The Morgan fingerprint density at radius 1 is 1.38 bits per heavy atom. The number of hydrogen-bond acceptors (Lipinski definition) is 3. The zero-order valence-corrected chi connectivity index (χ0v) is 12.6. The molecule has 0 unspecified atom stereocenters. The maximum absolute atomic E-state index is 11.6. The molecule has 0 saturated carbocycles. The minimum absolute atomic E-state index is 0.0783. The molecule has 0 saturated heterocycles. The molecule has 1 aromatic carbocycles. The molecule has 0 atom stereocenters. The number of nitrogen functional groups attached to an aromatic ring is 1. The molecule has 0 fully saturated rings. The molecule has 90 valence electrons. The summed E-state index contributed by atoms with van der Waals surface area (Å²) in [6.45, 7) is 1.80. The van der Waals surface area contributed by atoms with E-state index in [1.54, 1.807) is 19.1 Å². The van der Waals surface area contributed by atoms with Gasteiger partial charge in [0.2, 0.25) is 10.0 Å². The van der Waals surface area contributed by atoms with Crippen molar-refractivity contribution in [3.63, 3.8) is 0 Å². The fourth-order valence-electron chi connectivity index (χ4n) is 1.18. The van der Waals surface area contributed by atoms with Gasteiger partial charge in [-0.1, -0.05) is 22.9 Å². The van der Waals surface area contributed by atoms with Gasteiger partial charge < -0.3 is 5.73 Å². The van der Waals surface area contributed by atoms with Gasteiger partial charge in [0, 0.05) is 8.95 Å². The first-order chi connectivity index (χ1) is 7.35. The SMILES string of the molecule is CCCS(=O)(=O)Nc1c(N)cc(Br)cc1Br. The van der Waals surface area contributed by atoms with E-state index in [1.165, 1.54) is 0 Å². The van der Waals surface area contributed by atoms with Crippen molar-refractivity contribution in [1.29, 1.82) is 0 Å². The second-order valence-electron chi connectivity index (χ2n) is 3.27. The van der Waals surface area contributed by atoms with E-state index in [4.69, 9.17) is 5.73 Å². The Labute approximate surface area is 112 Å². The lowest BCUT2D eigenvalue weighted by molar-refractivity contribution is 0.600. The van der Waals surface area contributed by atoms with Crippen molar-refractivity contribution in [3.05, 3.63) is 21.1 Å². The lowest BCUT2D eigenvalue weighted by Gasteiger charge is -2.12. The molecule has 1 aromatic rings.